The van der Waals surface area contributed by atoms with E-state index in [1.807, 2.05) is 19.2 Å². The molecule has 0 unspecified atom stereocenters. The summed E-state index contributed by atoms with van der Waals surface area (Å²) in [5.41, 5.74) is 0.915. The van der Waals surface area contributed by atoms with Crippen molar-refractivity contribution in [1.82, 2.24) is 19.9 Å². The highest BCUT2D eigenvalue weighted by Crippen LogP contribution is 2.36. The number of hydrogen-bond donors (Lipinski definition) is 2. The summed E-state index contributed by atoms with van der Waals surface area (Å²) in [5, 5.41) is 10.7. The van der Waals surface area contributed by atoms with Gasteiger partial charge in [-0.25, -0.2) is 9.97 Å². The zero-order valence-electron chi connectivity index (χ0n) is 18.1. The van der Waals surface area contributed by atoms with E-state index < -0.39 is 5.54 Å². The first-order valence-electron chi connectivity index (χ1n) is 10.5. The van der Waals surface area contributed by atoms with Crippen LogP contribution in [0, 0.1) is 0 Å². The van der Waals surface area contributed by atoms with E-state index >= 15 is 0 Å². The second-order valence-corrected chi connectivity index (χ2v) is 9.35. The molecular weight excluding hydrogens is 469 g/mol. The number of aryl methyl sites for hydroxylation is 1. The molecule has 1 saturated heterocycles. The first-order valence-corrected chi connectivity index (χ1v) is 12.1. The summed E-state index contributed by atoms with van der Waals surface area (Å²) < 4.78 is 7.58. The Kier molecular flexibility index (Phi) is 6.88. The first kappa shape index (κ1) is 23.2. The minimum absolute atomic E-state index is 0.182. The van der Waals surface area contributed by atoms with Crippen molar-refractivity contribution in [2.24, 2.45) is 7.05 Å². The number of thiazole rings is 1. The van der Waals surface area contributed by atoms with Crippen molar-refractivity contribution in [3.8, 4) is 11.4 Å². The highest BCUT2D eigenvalue weighted by Gasteiger charge is 2.48. The molecule has 0 aliphatic carbocycles. The number of rotatable bonds is 7. The van der Waals surface area contributed by atoms with Gasteiger partial charge in [-0.15, -0.1) is 11.3 Å². The van der Waals surface area contributed by atoms with Crippen LogP contribution in [0.3, 0.4) is 0 Å². The predicted octanol–water partition coefficient (Wildman–Crippen LogP) is 4.09. The van der Waals surface area contributed by atoms with Gasteiger partial charge in [0.15, 0.2) is 0 Å². The third-order valence-electron chi connectivity index (χ3n) is 5.69. The molecule has 4 rings (SSSR count). The molecule has 2 N–H and O–H groups in total. The van der Waals surface area contributed by atoms with Crippen LogP contribution in [0.2, 0.25) is 10.0 Å². The van der Waals surface area contributed by atoms with E-state index in [4.69, 9.17) is 32.9 Å². The van der Waals surface area contributed by atoms with Crippen LogP contribution in [-0.4, -0.2) is 40.3 Å². The number of aromatic nitrogens is 3. The van der Waals surface area contributed by atoms with E-state index in [-0.39, 0.29) is 11.7 Å². The zero-order chi connectivity index (χ0) is 22.9. The summed E-state index contributed by atoms with van der Waals surface area (Å²) in [6.45, 7) is 5.75. The van der Waals surface area contributed by atoms with Crippen molar-refractivity contribution in [2.75, 3.05) is 25.0 Å². The number of nitrogens with one attached hydrogen (secondary N) is 2. The van der Waals surface area contributed by atoms with Gasteiger partial charge >= 0.3 is 0 Å². The molecule has 2 atom stereocenters. The maximum Gasteiger partial charge on any atom is 0.277 e. The van der Waals surface area contributed by atoms with Gasteiger partial charge in [0.25, 0.3) is 5.56 Å². The van der Waals surface area contributed by atoms with E-state index in [0.717, 1.165) is 5.01 Å². The molecule has 3 heterocycles. The monoisotopic (exact) mass is 493 g/mol. The maximum absolute atomic E-state index is 13.6. The number of hydrogen-bond acceptors (Lipinski definition) is 7. The number of benzene rings is 1. The molecule has 0 spiro atoms. The lowest BCUT2D eigenvalue weighted by atomic mass is 9.95. The van der Waals surface area contributed by atoms with E-state index in [2.05, 4.69) is 15.6 Å². The van der Waals surface area contributed by atoms with Crippen LogP contribution in [0.4, 0.5) is 5.69 Å². The topological polar surface area (TPSA) is 81.1 Å². The van der Waals surface area contributed by atoms with Crippen LogP contribution in [0.5, 0.6) is 0 Å². The molecule has 1 aromatic carbocycles. The molecule has 32 heavy (non-hydrogen) atoms. The van der Waals surface area contributed by atoms with E-state index in [1.165, 1.54) is 4.57 Å². The highest BCUT2D eigenvalue weighted by molar-refractivity contribution is 7.09. The van der Waals surface area contributed by atoms with E-state index in [9.17, 15) is 4.79 Å². The van der Waals surface area contributed by atoms with Gasteiger partial charge < -0.3 is 15.4 Å². The molecule has 0 bridgehead atoms. The molecule has 170 valence electrons. The van der Waals surface area contributed by atoms with Crippen LogP contribution < -0.4 is 16.2 Å². The lowest BCUT2D eigenvalue weighted by molar-refractivity contribution is 0.0396. The van der Waals surface area contributed by atoms with Gasteiger partial charge in [-0.1, -0.05) is 30.1 Å². The minimum Gasteiger partial charge on any atom is -0.374 e. The number of nitrogens with zero attached hydrogens (tertiary/aromatic N) is 3. The molecule has 0 amide bonds. The Morgan fingerprint density at radius 1 is 1.38 bits per heavy atom. The Balaban J connectivity index is 1.85. The maximum atomic E-state index is 13.6. The Hall–Kier alpha value is -1.97. The summed E-state index contributed by atoms with van der Waals surface area (Å²) in [5.74, 6) is 0.494. The molecule has 0 saturated carbocycles. The van der Waals surface area contributed by atoms with Crippen molar-refractivity contribution in [3.05, 3.63) is 60.9 Å². The number of anilines is 1. The van der Waals surface area contributed by atoms with Crippen LogP contribution in [0.25, 0.3) is 11.4 Å². The van der Waals surface area contributed by atoms with Crippen molar-refractivity contribution >= 4 is 40.2 Å². The Morgan fingerprint density at radius 2 is 2.19 bits per heavy atom. The predicted molar refractivity (Wildman–Crippen MR) is 130 cm³/mol. The molecule has 1 aliphatic heterocycles. The van der Waals surface area contributed by atoms with Gasteiger partial charge in [-0.2, -0.15) is 0 Å². The quantitative estimate of drug-likeness (QED) is 0.515. The summed E-state index contributed by atoms with van der Waals surface area (Å²) in [6.07, 6.45) is 2.16. The van der Waals surface area contributed by atoms with Crippen LogP contribution in [0.15, 0.2) is 34.6 Å². The van der Waals surface area contributed by atoms with E-state index in [1.54, 1.807) is 42.8 Å². The van der Waals surface area contributed by atoms with Crippen LogP contribution in [-0.2, 0) is 23.7 Å². The Labute approximate surface area is 200 Å². The fourth-order valence-electron chi connectivity index (χ4n) is 4.09. The fraction of sp³-hybridized carbons (Fsp3) is 0.409. The summed E-state index contributed by atoms with van der Waals surface area (Å²) in [7, 11) is 1.70. The minimum atomic E-state index is -0.665. The molecule has 10 heteroatoms. The van der Waals surface area contributed by atoms with Gasteiger partial charge in [-0.05, 0) is 31.5 Å². The van der Waals surface area contributed by atoms with Crippen LogP contribution in [0.1, 0.15) is 24.5 Å². The van der Waals surface area contributed by atoms with Crippen molar-refractivity contribution in [2.45, 2.75) is 31.9 Å². The number of ether oxygens (including phenoxy) is 1. The Morgan fingerprint density at radius 3 is 2.84 bits per heavy atom. The lowest BCUT2D eigenvalue weighted by Crippen LogP contribution is -2.49. The standard InChI is InChI=1S/C22H25Cl2N5O2S/c1-4-16-18(20(30)29(3)19(27-16)14-7-6-13(23)10-15(14)24)28-22(21-26-8-9-32-21)12-25-11-17(22)31-5-2/h6-10,17,25,28H,4-5,11-12H2,1-3H3/t17-,22+/m0/s1. The summed E-state index contributed by atoms with van der Waals surface area (Å²) in [4.78, 5) is 23.0. The average molecular weight is 494 g/mol. The van der Waals surface area contributed by atoms with Crippen molar-refractivity contribution in [3.63, 3.8) is 0 Å². The molecule has 7 nitrogen and oxygen atoms in total. The first-order chi connectivity index (χ1) is 15.4. The van der Waals surface area contributed by atoms with Gasteiger partial charge in [0, 0.05) is 48.9 Å². The molecule has 3 aromatic rings. The highest BCUT2D eigenvalue weighted by atomic mass is 35.5. The summed E-state index contributed by atoms with van der Waals surface area (Å²) >= 11 is 14.0. The molecular formula is C22H25Cl2N5O2S. The average Bonchev–Trinajstić information content (AvgIpc) is 3.44. The molecule has 1 fully saturated rings. The van der Waals surface area contributed by atoms with Gasteiger partial charge in [0.2, 0.25) is 0 Å². The van der Waals surface area contributed by atoms with Gasteiger partial charge in [0.1, 0.15) is 28.2 Å². The smallest absolute Gasteiger partial charge is 0.277 e. The van der Waals surface area contributed by atoms with Crippen molar-refractivity contribution < 1.29 is 4.74 Å². The SMILES string of the molecule is CCO[C@H]1CNC[C@]1(Nc1c(CC)nc(-c2ccc(Cl)cc2Cl)n(C)c1=O)c1nccs1. The third kappa shape index (κ3) is 4.06. The zero-order valence-corrected chi connectivity index (χ0v) is 20.4. The molecule has 1 aliphatic rings. The molecule has 0 radical (unpaired) electrons. The Bertz CT molecular complexity index is 1170. The summed E-state index contributed by atoms with van der Waals surface area (Å²) in [6, 6.07) is 5.17. The normalized spacial score (nSPS) is 20.6. The second kappa shape index (κ2) is 9.49. The number of halogens is 2. The lowest BCUT2D eigenvalue weighted by Gasteiger charge is -2.34. The van der Waals surface area contributed by atoms with Gasteiger partial charge in [0.05, 0.1) is 10.7 Å². The fourth-order valence-corrected chi connectivity index (χ4v) is 5.42. The third-order valence-corrected chi connectivity index (χ3v) is 7.18. The van der Waals surface area contributed by atoms with Gasteiger partial charge in [-0.3, -0.25) is 9.36 Å². The second-order valence-electron chi connectivity index (χ2n) is 7.61. The van der Waals surface area contributed by atoms with Crippen LogP contribution >= 0.6 is 34.5 Å². The largest absolute Gasteiger partial charge is 0.374 e. The molecule has 2 aromatic heterocycles. The van der Waals surface area contributed by atoms with E-state index in [0.29, 0.717) is 58.9 Å². The van der Waals surface area contributed by atoms with Crippen molar-refractivity contribution in [1.29, 1.82) is 0 Å².